The highest BCUT2D eigenvalue weighted by Gasteiger charge is 2.31. The fourth-order valence-corrected chi connectivity index (χ4v) is 3.06. The van der Waals surface area contributed by atoms with Gasteiger partial charge in [0.1, 0.15) is 5.75 Å². The van der Waals surface area contributed by atoms with Gasteiger partial charge < -0.3 is 14.5 Å². The third-order valence-corrected chi connectivity index (χ3v) is 4.54. The first kappa shape index (κ1) is 19.7. The number of piperazine rings is 1. The average molecular weight is 392 g/mol. The van der Waals surface area contributed by atoms with Gasteiger partial charge in [-0.2, -0.15) is 0 Å². The second kappa shape index (κ2) is 7.92. The number of carbonyl (C=O) groups is 2. The number of benzene rings is 2. The summed E-state index contributed by atoms with van der Waals surface area (Å²) in [4.78, 5) is 27.7. The summed E-state index contributed by atoms with van der Waals surface area (Å²) in [5.41, 5.74) is 1.94. The zero-order valence-electron chi connectivity index (χ0n) is 15.2. The minimum atomic E-state index is -4.76. The number of carbonyl (C=O) groups excluding carboxylic acids is 2. The number of hydrogen-bond donors (Lipinski definition) is 0. The molecule has 1 fully saturated rings. The number of Topliss-reactive ketones (excluding diaryl/α,β-unsaturated/α-hetero) is 1. The van der Waals surface area contributed by atoms with Crippen LogP contribution in [0.2, 0.25) is 0 Å². The SMILES string of the molecule is CC(=O)c1ccc(N2CCN(C(=O)c3ccc(OC(F)(F)F)cc3)CC2)cc1. The second-order valence-corrected chi connectivity index (χ2v) is 6.45. The van der Waals surface area contributed by atoms with Crippen molar-refractivity contribution in [1.82, 2.24) is 4.90 Å². The predicted octanol–water partition coefficient (Wildman–Crippen LogP) is 3.75. The summed E-state index contributed by atoms with van der Waals surface area (Å²) in [6.45, 7) is 3.75. The molecule has 0 unspecified atom stereocenters. The fourth-order valence-electron chi connectivity index (χ4n) is 3.06. The first-order valence-electron chi connectivity index (χ1n) is 8.74. The van der Waals surface area contributed by atoms with Crippen molar-refractivity contribution < 1.29 is 27.5 Å². The van der Waals surface area contributed by atoms with E-state index in [1.807, 2.05) is 12.1 Å². The van der Waals surface area contributed by atoms with Gasteiger partial charge in [-0.1, -0.05) is 0 Å². The maximum absolute atomic E-state index is 12.6. The van der Waals surface area contributed by atoms with Crippen LogP contribution in [0.15, 0.2) is 48.5 Å². The molecule has 2 aromatic carbocycles. The van der Waals surface area contributed by atoms with E-state index >= 15 is 0 Å². The monoisotopic (exact) mass is 392 g/mol. The lowest BCUT2D eigenvalue weighted by Crippen LogP contribution is -2.48. The van der Waals surface area contributed by atoms with E-state index in [1.54, 1.807) is 17.0 Å². The number of nitrogens with zero attached hydrogens (tertiary/aromatic N) is 2. The number of alkyl halides is 3. The van der Waals surface area contributed by atoms with Crippen LogP contribution in [0, 0.1) is 0 Å². The highest BCUT2D eigenvalue weighted by Crippen LogP contribution is 2.23. The first-order valence-corrected chi connectivity index (χ1v) is 8.74. The van der Waals surface area contributed by atoms with Crippen LogP contribution in [-0.4, -0.2) is 49.1 Å². The number of ether oxygens (including phenoxy) is 1. The van der Waals surface area contributed by atoms with E-state index in [0.717, 1.165) is 17.8 Å². The molecule has 1 saturated heterocycles. The van der Waals surface area contributed by atoms with Crippen molar-refractivity contribution in [3.63, 3.8) is 0 Å². The Balaban J connectivity index is 1.58. The lowest BCUT2D eigenvalue weighted by Gasteiger charge is -2.36. The molecule has 0 aromatic heterocycles. The molecular formula is C20H19F3N2O3. The largest absolute Gasteiger partial charge is 0.573 e. The normalized spacial score (nSPS) is 14.7. The molecule has 1 aliphatic rings. The summed E-state index contributed by atoms with van der Waals surface area (Å²) in [7, 11) is 0. The van der Waals surface area contributed by atoms with Crippen LogP contribution in [0.25, 0.3) is 0 Å². The Hall–Kier alpha value is -3.03. The van der Waals surface area contributed by atoms with Crippen molar-refractivity contribution in [2.75, 3.05) is 31.1 Å². The highest BCUT2D eigenvalue weighted by molar-refractivity contribution is 5.95. The summed E-state index contributed by atoms with van der Waals surface area (Å²) in [5, 5.41) is 0. The number of ketones is 1. The second-order valence-electron chi connectivity index (χ2n) is 6.45. The molecule has 0 saturated carbocycles. The summed E-state index contributed by atoms with van der Waals surface area (Å²) in [5.74, 6) is -0.582. The summed E-state index contributed by atoms with van der Waals surface area (Å²) >= 11 is 0. The van der Waals surface area contributed by atoms with E-state index in [9.17, 15) is 22.8 Å². The van der Waals surface area contributed by atoms with Crippen molar-refractivity contribution in [3.05, 3.63) is 59.7 Å². The Bertz CT molecular complexity index is 840. The fraction of sp³-hybridized carbons (Fsp3) is 0.300. The third kappa shape index (κ3) is 4.82. The van der Waals surface area contributed by atoms with Gasteiger partial charge in [0.15, 0.2) is 5.78 Å². The summed E-state index contributed by atoms with van der Waals surface area (Å²) in [6, 6.07) is 12.2. The lowest BCUT2D eigenvalue weighted by molar-refractivity contribution is -0.274. The van der Waals surface area contributed by atoms with E-state index < -0.39 is 6.36 Å². The Kier molecular flexibility index (Phi) is 5.58. The number of anilines is 1. The van der Waals surface area contributed by atoms with Gasteiger partial charge in [-0.15, -0.1) is 13.2 Å². The quantitative estimate of drug-likeness (QED) is 0.744. The number of halogens is 3. The van der Waals surface area contributed by atoms with Crippen LogP contribution >= 0.6 is 0 Å². The smallest absolute Gasteiger partial charge is 0.406 e. The van der Waals surface area contributed by atoms with Crippen molar-refractivity contribution in [2.45, 2.75) is 13.3 Å². The standard InChI is InChI=1S/C20H19F3N2O3/c1-14(26)15-2-6-17(7-3-15)24-10-12-25(13-11-24)19(27)16-4-8-18(9-5-16)28-20(21,22)23/h2-9H,10-13H2,1H3. The Labute approximate surface area is 160 Å². The molecular weight excluding hydrogens is 373 g/mol. The predicted molar refractivity (Wildman–Crippen MR) is 97.7 cm³/mol. The lowest BCUT2D eigenvalue weighted by atomic mass is 10.1. The average Bonchev–Trinajstić information content (AvgIpc) is 2.67. The van der Waals surface area contributed by atoms with Gasteiger partial charge in [0.2, 0.25) is 0 Å². The molecule has 0 atom stereocenters. The molecule has 148 valence electrons. The van der Waals surface area contributed by atoms with Gasteiger partial charge >= 0.3 is 6.36 Å². The van der Waals surface area contributed by atoms with Gasteiger partial charge in [0, 0.05) is 43.0 Å². The van der Waals surface area contributed by atoms with Gasteiger partial charge in [-0.25, -0.2) is 0 Å². The van der Waals surface area contributed by atoms with E-state index in [-0.39, 0.29) is 17.4 Å². The van der Waals surface area contributed by atoms with Crippen LogP contribution in [0.1, 0.15) is 27.6 Å². The van der Waals surface area contributed by atoms with Gasteiger partial charge in [0.05, 0.1) is 0 Å². The van der Waals surface area contributed by atoms with E-state index in [1.165, 1.54) is 19.1 Å². The van der Waals surface area contributed by atoms with Gasteiger partial charge in [-0.05, 0) is 55.5 Å². The van der Waals surface area contributed by atoms with Gasteiger partial charge in [0.25, 0.3) is 5.91 Å². The topological polar surface area (TPSA) is 49.9 Å². The summed E-state index contributed by atoms with van der Waals surface area (Å²) < 4.78 is 40.4. The number of amides is 1. The number of rotatable bonds is 4. The molecule has 5 nitrogen and oxygen atoms in total. The molecule has 0 spiro atoms. The molecule has 0 aliphatic carbocycles. The highest BCUT2D eigenvalue weighted by atomic mass is 19.4. The minimum Gasteiger partial charge on any atom is -0.406 e. The molecule has 0 radical (unpaired) electrons. The maximum atomic E-state index is 12.6. The molecule has 1 amide bonds. The Morgan fingerprint density at radius 1 is 0.857 bits per heavy atom. The van der Waals surface area contributed by atoms with E-state index in [0.29, 0.717) is 37.3 Å². The molecule has 0 bridgehead atoms. The van der Waals surface area contributed by atoms with Crippen LogP contribution in [0.5, 0.6) is 5.75 Å². The van der Waals surface area contributed by atoms with Crippen molar-refractivity contribution >= 4 is 17.4 Å². The third-order valence-electron chi connectivity index (χ3n) is 4.54. The van der Waals surface area contributed by atoms with Crippen molar-refractivity contribution in [3.8, 4) is 5.75 Å². The number of hydrogen-bond acceptors (Lipinski definition) is 4. The molecule has 8 heteroatoms. The molecule has 1 aliphatic heterocycles. The van der Waals surface area contributed by atoms with Crippen LogP contribution < -0.4 is 9.64 Å². The van der Waals surface area contributed by atoms with Crippen molar-refractivity contribution in [1.29, 1.82) is 0 Å². The van der Waals surface area contributed by atoms with Crippen LogP contribution in [-0.2, 0) is 0 Å². The van der Waals surface area contributed by atoms with Crippen LogP contribution in [0.3, 0.4) is 0 Å². The maximum Gasteiger partial charge on any atom is 0.573 e. The molecule has 3 rings (SSSR count). The zero-order chi connectivity index (χ0) is 20.3. The van der Waals surface area contributed by atoms with E-state index in [2.05, 4.69) is 9.64 Å². The zero-order valence-corrected chi connectivity index (χ0v) is 15.2. The Morgan fingerprint density at radius 3 is 1.89 bits per heavy atom. The molecule has 2 aromatic rings. The molecule has 28 heavy (non-hydrogen) atoms. The first-order chi connectivity index (χ1) is 13.2. The summed E-state index contributed by atoms with van der Waals surface area (Å²) in [6.07, 6.45) is -4.76. The molecule has 1 heterocycles. The minimum absolute atomic E-state index is 0.00798. The van der Waals surface area contributed by atoms with Crippen molar-refractivity contribution in [2.24, 2.45) is 0 Å². The van der Waals surface area contributed by atoms with Gasteiger partial charge in [-0.3, -0.25) is 9.59 Å². The van der Waals surface area contributed by atoms with Crippen LogP contribution in [0.4, 0.5) is 18.9 Å². The van der Waals surface area contributed by atoms with E-state index in [4.69, 9.17) is 0 Å². The Morgan fingerprint density at radius 2 is 1.39 bits per heavy atom. The molecule has 0 N–H and O–H groups in total.